The molecule has 1 aliphatic carbocycles. The Labute approximate surface area is 129 Å². The molecule has 0 atom stereocenters. The summed E-state index contributed by atoms with van der Waals surface area (Å²) in [4.78, 5) is 2.55. The minimum absolute atomic E-state index is 0.780. The van der Waals surface area contributed by atoms with E-state index in [4.69, 9.17) is 0 Å². The third-order valence-corrected chi connectivity index (χ3v) is 4.28. The van der Waals surface area contributed by atoms with E-state index >= 15 is 0 Å². The summed E-state index contributed by atoms with van der Waals surface area (Å²) in [5.74, 6) is 6.35. The van der Waals surface area contributed by atoms with Crippen LogP contribution in [0.3, 0.4) is 0 Å². The normalized spacial score (nSPS) is 15.7. The van der Waals surface area contributed by atoms with Gasteiger partial charge in [-0.25, -0.2) is 0 Å². The molecular formula is C19H28N2. The molecule has 2 rings (SSSR count). The molecule has 0 unspecified atom stereocenters. The summed E-state index contributed by atoms with van der Waals surface area (Å²) in [7, 11) is 2.28. The lowest BCUT2D eigenvalue weighted by Gasteiger charge is -2.31. The number of nitrogens with zero attached hydrogens (tertiary/aromatic N) is 1. The topological polar surface area (TPSA) is 15.3 Å². The third kappa shape index (κ3) is 6.33. The number of hydrogen-bond donors (Lipinski definition) is 1. The summed E-state index contributed by atoms with van der Waals surface area (Å²) in [5, 5.41) is 3.41. The van der Waals surface area contributed by atoms with Gasteiger partial charge in [-0.15, -0.1) is 0 Å². The van der Waals surface area contributed by atoms with Gasteiger partial charge in [0.25, 0.3) is 0 Å². The number of nitrogens with one attached hydrogen (secondary N) is 1. The predicted octanol–water partition coefficient (Wildman–Crippen LogP) is 3.28. The fourth-order valence-corrected chi connectivity index (χ4v) is 2.98. The van der Waals surface area contributed by atoms with Crippen molar-refractivity contribution in [3.8, 4) is 11.8 Å². The largest absolute Gasteiger partial charge is 0.306 e. The minimum atomic E-state index is 0.780. The van der Waals surface area contributed by atoms with Crippen LogP contribution in [0.1, 0.15) is 44.1 Å². The maximum absolute atomic E-state index is 3.41. The molecule has 0 radical (unpaired) electrons. The Bertz CT molecular complexity index is 438. The van der Waals surface area contributed by atoms with Crippen LogP contribution in [-0.4, -0.2) is 37.6 Å². The smallest absolute Gasteiger partial charge is 0.0580 e. The van der Waals surface area contributed by atoms with Gasteiger partial charge in [-0.1, -0.05) is 49.3 Å². The zero-order chi connectivity index (χ0) is 14.8. The van der Waals surface area contributed by atoms with E-state index in [2.05, 4.69) is 29.1 Å². The predicted molar refractivity (Wildman–Crippen MR) is 90.3 cm³/mol. The first-order valence-corrected chi connectivity index (χ1v) is 8.31. The molecule has 0 saturated heterocycles. The lowest BCUT2D eigenvalue weighted by atomic mass is 9.94. The molecule has 0 spiro atoms. The Morgan fingerprint density at radius 1 is 1.14 bits per heavy atom. The quantitative estimate of drug-likeness (QED) is 0.637. The fourth-order valence-electron chi connectivity index (χ4n) is 2.98. The molecule has 0 heterocycles. The SMILES string of the molecule is CN(CCCNCC#Cc1ccccc1)C1CCCCC1. The van der Waals surface area contributed by atoms with Gasteiger partial charge in [0.2, 0.25) is 0 Å². The summed E-state index contributed by atoms with van der Waals surface area (Å²) in [6, 6.07) is 11.0. The first-order valence-electron chi connectivity index (χ1n) is 8.31. The van der Waals surface area contributed by atoms with Crippen molar-refractivity contribution in [2.75, 3.05) is 26.7 Å². The van der Waals surface area contributed by atoms with Crippen molar-refractivity contribution >= 4 is 0 Å². The third-order valence-electron chi connectivity index (χ3n) is 4.28. The van der Waals surface area contributed by atoms with Crippen molar-refractivity contribution in [1.82, 2.24) is 10.2 Å². The van der Waals surface area contributed by atoms with Crippen molar-refractivity contribution < 1.29 is 0 Å². The Hall–Kier alpha value is -1.30. The molecule has 1 aromatic carbocycles. The van der Waals surface area contributed by atoms with E-state index in [1.54, 1.807) is 0 Å². The molecule has 2 heteroatoms. The van der Waals surface area contributed by atoms with Gasteiger partial charge in [-0.2, -0.15) is 0 Å². The minimum Gasteiger partial charge on any atom is -0.306 e. The van der Waals surface area contributed by atoms with Crippen LogP contribution < -0.4 is 5.32 Å². The molecular weight excluding hydrogens is 256 g/mol. The van der Waals surface area contributed by atoms with E-state index in [0.29, 0.717) is 0 Å². The van der Waals surface area contributed by atoms with Gasteiger partial charge in [-0.05, 0) is 51.5 Å². The average Bonchev–Trinajstić information content (AvgIpc) is 2.55. The van der Waals surface area contributed by atoms with Gasteiger partial charge >= 0.3 is 0 Å². The summed E-state index contributed by atoms with van der Waals surface area (Å²) in [5.41, 5.74) is 1.09. The molecule has 0 bridgehead atoms. The van der Waals surface area contributed by atoms with E-state index in [1.165, 1.54) is 45.1 Å². The van der Waals surface area contributed by atoms with Crippen LogP contribution in [-0.2, 0) is 0 Å². The van der Waals surface area contributed by atoms with Gasteiger partial charge in [0, 0.05) is 11.6 Å². The zero-order valence-electron chi connectivity index (χ0n) is 13.3. The average molecular weight is 284 g/mol. The van der Waals surface area contributed by atoms with E-state index in [0.717, 1.165) is 24.7 Å². The fraction of sp³-hybridized carbons (Fsp3) is 0.579. The molecule has 21 heavy (non-hydrogen) atoms. The lowest BCUT2D eigenvalue weighted by molar-refractivity contribution is 0.190. The molecule has 1 aromatic rings. The van der Waals surface area contributed by atoms with Crippen LogP contribution in [0.4, 0.5) is 0 Å². The molecule has 0 aliphatic heterocycles. The van der Waals surface area contributed by atoms with Gasteiger partial charge in [0.1, 0.15) is 0 Å². The summed E-state index contributed by atoms with van der Waals surface area (Å²) < 4.78 is 0. The number of hydrogen-bond acceptors (Lipinski definition) is 2. The molecule has 1 saturated carbocycles. The van der Waals surface area contributed by atoms with Crippen LogP contribution in [0.15, 0.2) is 30.3 Å². The van der Waals surface area contributed by atoms with Crippen LogP contribution >= 0.6 is 0 Å². The molecule has 1 fully saturated rings. The van der Waals surface area contributed by atoms with E-state index in [9.17, 15) is 0 Å². The Balaban J connectivity index is 1.53. The van der Waals surface area contributed by atoms with Crippen LogP contribution in [0.5, 0.6) is 0 Å². The van der Waals surface area contributed by atoms with Crippen molar-refractivity contribution in [1.29, 1.82) is 0 Å². The van der Waals surface area contributed by atoms with Crippen LogP contribution in [0.2, 0.25) is 0 Å². The Kier molecular flexibility index (Phi) is 7.35. The van der Waals surface area contributed by atoms with Crippen molar-refractivity contribution in [3.63, 3.8) is 0 Å². The highest BCUT2D eigenvalue weighted by atomic mass is 15.1. The van der Waals surface area contributed by atoms with Crippen molar-refractivity contribution in [2.24, 2.45) is 0 Å². The van der Waals surface area contributed by atoms with E-state index in [1.807, 2.05) is 30.3 Å². The zero-order valence-corrected chi connectivity index (χ0v) is 13.3. The molecule has 0 aromatic heterocycles. The Morgan fingerprint density at radius 3 is 2.67 bits per heavy atom. The van der Waals surface area contributed by atoms with E-state index < -0.39 is 0 Å². The van der Waals surface area contributed by atoms with Gasteiger partial charge < -0.3 is 10.2 Å². The second kappa shape index (κ2) is 9.60. The Morgan fingerprint density at radius 2 is 1.90 bits per heavy atom. The van der Waals surface area contributed by atoms with Gasteiger partial charge in [0.05, 0.1) is 6.54 Å². The first kappa shape index (κ1) is 16.1. The highest BCUT2D eigenvalue weighted by Gasteiger charge is 2.16. The van der Waals surface area contributed by atoms with Gasteiger partial charge in [-0.3, -0.25) is 0 Å². The second-order valence-corrected chi connectivity index (χ2v) is 5.97. The van der Waals surface area contributed by atoms with Crippen molar-refractivity contribution in [3.05, 3.63) is 35.9 Å². The van der Waals surface area contributed by atoms with Crippen LogP contribution in [0.25, 0.3) is 0 Å². The summed E-state index contributed by atoms with van der Waals surface area (Å²) >= 11 is 0. The van der Waals surface area contributed by atoms with Crippen LogP contribution in [0, 0.1) is 11.8 Å². The maximum Gasteiger partial charge on any atom is 0.0580 e. The molecule has 0 amide bonds. The molecule has 114 valence electrons. The van der Waals surface area contributed by atoms with Crippen molar-refractivity contribution in [2.45, 2.75) is 44.6 Å². The number of benzene rings is 1. The first-order chi connectivity index (χ1) is 10.4. The summed E-state index contributed by atoms with van der Waals surface area (Å²) in [6.45, 7) is 3.03. The second-order valence-electron chi connectivity index (χ2n) is 5.97. The van der Waals surface area contributed by atoms with Gasteiger partial charge in [0.15, 0.2) is 0 Å². The molecule has 1 aliphatic rings. The molecule has 2 nitrogen and oxygen atoms in total. The summed E-state index contributed by atoms with van der Waals surface area (Å²) in [6.07, 6.45) is 8.27. The lowest BCUT2D eigenvalue weighted by Crippen LogP contribution is -2.35. The standard InChI is InChI=1S/C19H28N2/c1-21(19-13-6-3-7-14-19)17-9-16-20-15-8-12-18-10-4-2-5-11-18/h2,4-5,10-11,19-20H,3,6-7,9,13-17H2,1H3. The monoisotopic (exact) mass is 284 g/mol. The highest BCUT2D eigenvalue weighted by molar-refractivity contribution is 5.33. The maximum atomic E-state index is 3.41. The molecule has 1 N–H and O–H groups in total. The highest BCUT2D eigenvalue weighted by Crippen LogP contribution is 2.21. The number of rotatable bonds is 6. The van der Waals surface area contributed by atoms with E-state index in [-0.39, 0.29) is 0 Å².